The van der Waals surface area contributed by atoms with Gasteiger partial charge in [0.05, 0.1) is 12.8 Å². The van der Waals surface area contributed by atoms with Gasteiger partial charge in [-0.2, -0.15) is 5.10 Å². The van der Waals surface area contributed by atoms with E-state index in [4.69, 9.17) is 4.74 Å². The fraction of sp³-hybridized carbons (Fsp3) is 0.125. The van der Waals surface area contributed by atoms with Crippen molar-refractivity contribution in [1.82, 2.24) is 5.43 Å². The summed E-state index contributed by atoms with van der Waals surface area (Å²) >= 11 is 0. The first-order valence-corrected chi connectivity index (χ1v) is 6.38. The molecule has 0 bridgehead atoms. The smallest absolute Gasteiger partial charge is 0.271 e. The molecule has 2 aromatic rings. The molecule has 0 radical (unpaired) electrons. The first kappa shape index (κ1) is 14.6. The molecule has 0 aliphatic rings. The number of methoxy groups -OCH3 is 1. The van der Waals surface area contributed by atoms with Crippen LogP contribution < -0.4 is 10.2 Å². The van der Waals surface area contributed by atoms with Crippen LogP contribution in [0.4, 0.5) is 0 Å². The number of amides is 1. The molecule has 0 fully saturated rings. The zero-order valence-electron chi connectivity index (χ0n) is 11.8. The Bertz CT molecular complexity index is 646. The van der Waals surface area contributed by atoms with E-state index >= 15 is 0 Å². The van der Waals surface area contributed by atoms with Crippen molar-refractivity contribution in [3.05, 3.63) is 59.7 Å². The number of nitrogens with zero attached hydrogens (tertiary/aromatic N) is 1. The molecule has 2 aromatic carbocycles. The molecule has 0 aliphatic heterocycles. The molecule has 5 nitrogen and oxygen atoms in total. The van der Waals surface area contributed by atoms with E-state index in [1.165, 1.54) is 24.3 Å². The number of benzene rings is 2. The number of hydrogen-bond donors (Lipinski definition) is 2. The van der Waals surface area contributed by atoms with Crippen LogP contribution in [0.5, 0.6) is 11.5 Å². The van der Waals surface area contributed by atoms with Crippen molar-refractivity contribution in [3.8, 4) is 11.5 Å². The Morgan fingerprint density at radius 2 is 1.62 bits per heavy atom. The molecule has 0 saturated heterocycles. The maximum absolute atomic E-state index is 11.9. The van der Waals surface area contributed by atoms with Crippen LogP contribution in [-0.2, 0) is 0 Å². The predicted molar refractivity (Wildman–Crippen MR) is 80.8 cm³/mol. The third kappa shape index (κ3) is 3.82. The maximum Gasteiger partial charge on any atom is 0.271 e. The van der Waals surface area contributed by atoms with Crippen LogP contribution in [0.2, 0.25) is 0 Å². The van der Waals surface area contributed by atoms with E-state index in [-0.39, 0.29) is 11.7 Å². The summed E-state index contributed by atoms with van der Waals surface area (Å²) < 4.78 is 5.08. The SMILES string of the molecule is COc1ccc(C(C)=NNC(=O)c2ccc(O)cc2)cc1. The summed E-state index contributed by atoms with van der Waals surface area (Å²) in [7, 11) is 1.60. The summed E-state index contributed by atoms with van der Waals surface area (Å²) in [6.07, 6.45) is 0. The Labute approximate surface area is 122 Å². The van der Waals surface area contributed by atoms with Crippen LogP contribution >= 0.6 is 0 Å². The van der Waals surface area contributed by atoms with Crippen molar-refractivity contribution >= 4 is 11.6 Å². The number of carbonyl (C=O) groups excluding carboxylic acids is 1. The summed E-state index contributed by atoms with van der Waals surface area (Å²) in [6, 6.07) is 13.4. The first-order valence-electron chi connectivity index (χ1n) is 6.38. The number of hydrazone groups is 1. The van der Waals surface area contributed by atoms with Crippen molar-refractivity contribution in [3.63, 3.8) is 0 Å². The van der Waals surface area contributed by atoms with Crippen molar-refractivity contribution < 1.29 is 14.6 Å². The quantitative estimate of drug-likeness (QED) is 0.669. The zero-order chi connectivity index (χ0) is 15.2. The normalized spacial score (nSPS) is 11.0. The van der Waals surface area contributed by atoms with Gasteiger partial charge in [0.15, 0.2) is 0 Å². The third-order valence-electron chi connectivity index (χ3n) is 2.96. The second kappa shape index (κ2) is 6.56. The molecule has 0 unspecified atom stereocenters. The topological polar surface area (TPSA) is 70.9 Å². The van der Waals surface area contributed by atoms with Crippen LogP contribution in [-0.4, -0.2) is 23.8 Å². The Hall–Kier alpha value is -2.82. The Morgan fingerprint density at radius 3 is 2.19 bits per heavy atom. The fourth-order valence-electron chi connectivity index (χ4n) is 1.71. The van der Waals surface area contributed by atoms with E-state index in [0.717, 1.165) is 11.3 Å². The molecular formula is C16H16N2O3. The van der Waals surface area contributed by atoms with Crippen molar-refractivity contribution in [2.75, 3.05) is 7.11 Å². The summed E-state index contributed by atoms with van der Waals surface area (Å²) in [5.74, 6) is 0.548. The lowest BCUT2D eigenvalue weighted by Gasteiger charge is -2.04. The second-order valence-corrected chi connectivity index (χ2v) is 4.41. The molecule has 2 rings (SSSR count). The van der Waals surface area contributed by atoms with Gasteiger partial charge in [0.1, 0.15) is 11.5 Å². The van der Waals surface area contributed by atoms with E-state index in [2.05, 4.69) is 10.5 Å². The van der Waals surface area contributed by atoms with Gasteiger partial charge in [-0.25, -0.2) is 5.43 Å². The number of aromatic hydroxyl groups is 1. The molecule has 0 spiro atoms. The van der Waals surface area contributed by atoms with E-state index in [1.54, 1.807) is 14.0 Å². The van der Waals surface area contributed by atoms with Gasteiger partial charge >= 0.3 is 0 Å². The summed E-state index contributed by atoms with van der Waals surface area (Å²) in [6.45, 7) is 1.80. The largest absolute Gasteiger partial charge is 0.508 e. The zero-order valence-corrected chi connectivity index (χ0v) is 11.8. The standard InChI is InChI=1S/C16H16N2O3/c1-11(12-5-9-15(21-2)10-6-12)17-18-16(20)13-3-7-14(19)8-4-13/h3-10,19H,1-2H3,(H,18,20). The molecule has 0 heterocycles. The molecular weight excluding hydrogens is 268 g/mol. The predicted octanol–water partition coefficient (Wildman–Crippen LogP) is 2.55. The maximum atomic E-state index is 11.9. The average Bonchev–Trinajstić information content (AvgIpc) is 2.53. The molecule has 21 heavy (non-hydrogen) atoms. The van der Waals surface area contributed by atoms with Gasteiger partial charge in [-0.1, -0.05) is 0 Å². The Kier molecular flexibility index (Phi) is 4.56. The highest BCUT2D eigenvalue weighted by atomic mass is 16.5. The molecule has 1 amide bonds. The lowest BCUT2D eigenvalue weighted by Crippen LogP contribution is -2.19. The highest BCUT2D eigenvalue weighted by molar-refractivity contribution is 6.00. The molecule has 0 atom stereocenters. The number of phenols is 1. The number of ether oxygens (including phenoxy) is 1. The van der Waals surface area contributed by atoms with E-state index in [0.29, 0.717) is 11.3 Å². The Morgan fingerprint density at radius 1 is 1.05 bits per heavy atom. The van der Waals surface area contributed by atoms with Crippen molar-refractivity contribution in [2.45, 2.75) is 6.92 Å². The third-order valence-corrected chi connectivity index (χ3v) is 2.96. The number of hydrogen-bond acceptors (Lipinski definition) is 4. The molecule has 5 heteroatoms. The average molecular weight is 284 g/mol. The van der Waals surface area contributed by atoms with Crippen LogP contribution in [0.25, 0.3) is 0 Å². The van der Waals surface area contributed by atoms with Crippen molar-refractivity contribution in [1.29, 1.82) is 0 Å². The number of phenolic OH excluding ortho intramolecular Hbond substituents is 1. The number of rotatable bonds is 4. The van der Waals surface area contributed by atoms with E-state index < -0.39 is 0 Å². The van der Waals surface area contributed by atoms with Gasteiger partial charge in [0, 0.05) is 5.56 Å². The van der Waals surface area contributed by atoms with Gasteiger partial charge < -0.3 is 9.84 Å². The number of carbonyl (C=O) groups is 1. The van der Waals surface area contributed by atoms with Crippen LogP contribution in [0, 0.1) is 0 Å². The first-order chi connectivity index (χ1) is 10.1. The van der Waals surface area contributed by atoms with Crippen LogP contribution in [0.3, 0.4) is 0 Å². The summed E-state index contributed by atoms with van der Waals surface area (Å²) in [5, 5.41) is 13.2. The summed E-state index contributed by atoms with van der Waals surface area (Å²) in [4.78, 5) is 11.9. The van der Waals surface area contributed by atoms with Gasteiger partial charge in [0.2, 0.25) is 0 Å². The van der Waals surface area contributed by atoms with E-state index in [9.17, 15) is 9.90 Å². The minimum Gasteiger partial charge on any atom is -0.508 e. The van der Waals surface area contributed by atoms with Gasteiger partial charge in [0.25, 0.3) is 5.91 Å². The highest BCUT2D eigenvalue weighted by Gasteiger charge is 2.05. The van der Waals surface area contributed by atoms with Crippen LogP contribution in [0.1, 0.15) is 22.8 Å². The molecule has 2 N–H and O–H groups in total. The lowest BCUT2D eigenvalue weighted by molar-refractivity contribution is 0.0955. The molecule has 108 valence electrons. The number of nitrogens with one attached hydrogen (secondary N) is 1. The van der Waals surface area contributed by atoms with Gasteiger partial charge in [-0.3, -0.25) is 4.79 Å². The minimum absolute atomic E-state index is 0.115. The van der Waals surface area contributed by atoms with Gasteiger partial charge in [-0.05, 0) is 61.0 Å². The minimum atomic E-state index is -0.331. The Balaban J connectivity index is 2.05. The van der Waals surface area contributed by atoms with Gasteiger partial charge in [-0.15, -0.1) is 0 Å². The second-order valence-electron chi connectivity index (χ2n) is 4.41. The summed E-state index contributed by atoms with van der Waals surface area (Å²) in [5.41, 5.74) is 4.49. The monoisotopic (exact) mass is 284 g/mol. The van der Waals surface area contributed by atoms with Crippen LogP contribution in [0.15, 0.2) is 53.6 Å². The van der Waals surface area contributed by atoms with E-state index in [1.807, 2.05) is 24.3 Å². The fourth-order valence-corrected chi connectivity index (χ4v) is 1.71. The molecule has 0 aromatic heterocycles. The molecule has 0 aliphatic carbocycles. The highest BCUT2D eigenvalue weighted by Crippen LogP contribution is 2.12. The van der Waals surface area contributed by atoms with Crippen molar-refractivity contribution in [2.24, 2.45) is 5.10 Å². The lowest BCUT2D eigenvalue weighted by atomic mass is 10.1. The molecule has 0 saturated carbocycles.